The molecular weight excluding hydrogens is 84.1 g/mol. The molecular formula is C7H14. The molecule has 0 rings (SSSR count). The maximum absolute atomic E-state index is 7.19. The highest BCUT2D eigenvalue weighted by atomic mass is 14.0. The Labute approximate surface area is 47.6 Å². The van der Waals surface area contributed by atoms with Crippen LogP contribution in [0.1, 0.15) is 29.1 Å². The molecule has 0 radical (unpaired) electrons. The molecule has 0 unspecified atom stereocenters. The van der Waals surface area contributed by atoms with E-state index in [1.54, 1.807) is 0 Å². The molecule has 0 aliphatic heterocycles. The molecule has 0 aromatic carbocycles. The van der Waals surface area contributed by atoms with Crippen molar-refractivity contribution in [3.05, 3.63) is 11.6 Å². The lowest BCUT2D eigenvalue weighted by molar-refractivity contribution is 0.767. The second kappa shape index (κ2) is 2.84. The van der Waals surface area contributed by atoms with Crippen LogP contribution in [0.25, 0.3) is 0 Å². The molecule has 0 aromatic heterocycles. The summed E-state index contributed by atoms with van der Waals surface area (Å²) in [7, 11) is 0. The highest BCUT2D eigenvalue weighted by Gasteiger charge is 1.90. The van der Waals surface area contributed by atoms with Gasteiger partial charge in [0.25, 0.3) is 0 Å². The molecule has 0 aliphatic rings. The van der Waals surface area contributed by atoms with Crippen molar-refractivity contribution < 1.29 is 1.37 Å². The van der Waals surface area contributed by atoms with E-state index in [2.05, 4.69) is 13.8 Å². The minimum Gasteiger partial charge on any atom is -0.0885 e. The van der Waals surface area contributed by atoms with Gasteiger partial charge >= 0.3 is 0 Å². The molecule has 0 aromatic rings. The third kappa shape index (κ3) is 2.44. The van der Waals surface area contributed by atoms with E-state index in [0.29, 0.717) is 12.0 Å². The fraction of sp³-hybridized carbons (Fsp3) is 0.714. The number of hydrogen-bond acceptors (Lipinski definition) is 0. The van der Waals surface area contributed by atoms with Crippen LogP contribution in [-0.2, 0) is 0 Å². The van der Waals surface area contributed by atoms with Crippen LogP contribution < -0.4 is 0 Å². The summed E-state index contributed by atoms with van der Waals surface area (Å²) in [5.41, 5.74) is 1.19. The Morgan fingerprint density at radius 2 is 2.14 bits per heavy atom. The van der Waals surface area contributed by atoms with Crippen molar-refractivity contribution in [2.75, 3.05) is 0 Å². The van der Waals surface area contributed by atoms with E-state index in [-0.39, 0.29) is 0 Å². The van der Waals surface area contributed by atoms with E-state index >= 15 is 0 Å². The highest BCUT2D eigenvalue weighted by Crippen LogP contribution is 2.05. The molecule has 0 spiro atoms. The highest BCUT2D eigenvalue weighted by molar-refractivity contribution is 4.97. The van der Waals surface area contributed by atoms with Gasteiger partial charge in [0, 0.05) is 0 Å². The Kier molecular flexibility index (Phi) is 1.98. The number of rotatable bonds is 1. The summed E-state index contributed by atoms with van der Waals surface area (Å²) in [4.78, 5) is 0. The summed E-state index contributed by atoms with van der Waals surface area (Å²) >= 11 is 0. The quantitative estimate of drug-likeness (QED) is 0.444. The van der Waals surface area contributed by atoms with Crippen molar-refractivity contribution in [3.8, 4) is 0 Å². The van der Waals surface area contributed by atoms with E-state index in [4.69, 9.17) is 1.37 Å². The predicted octanol–water partition coefficient (Wildman–Crippen LogP) is 2.61. The summed E-state index contributed by atoms with van der Waals surface area (Å²) in [5.74, 6) is 0.535. The van der Waals surface area contributed by atoms with Crippen molar-refractivity contribution in [1.29, 1.82) is 0 Å². The van der Waals surface area contributed by atoms with Crippen molar-refractivity contribution >= 4 is 0 Å². The molecule has 0 heteroatoms. The topological polar surface area (TPSA) is 0 Å². The smallest absolute Gasteiger partial charge is 0.0572 e. The Morgan fingerprint density at radius 3 is 2.14 bits per heavy atom. The fourth-order valence-electron chi connectivity index (χ4n) is 0.289. The molecule has 0 heterocycles. The van der Waals surface area contributed by atoms with Crippen molar-refractivity contribution in [1.82, 2.24) is 0 Å². The Hall–Kier alpha value is -0.260. The standard InChI is InChI=1S/C7H14/c1-5-7(4)6(2)3/h5-6H,1-4H3/b7-5+/i5T. The zero-order valence-electron chi connectivity index (χ0n) is 6.58. The molecule has 0 saturated carbocycles. The van der Waals surface area contributed by atoms with E-state index in [0.717, 1.165) is 0 Å². The molecule has 7 heavy (non-hydrogen) atoms. The van der Waals surface area contributed by atoms with Crippen LogP contribution in [0, 0.1) is 5.92 Å². The maximum Gasteiger partial charge on any atom is 0.0572 e. The van der Waals surface area contributed by atoms with Gasteiger partial charge in [-0.15, -0.1) is 0 Å². The summed E-state index contributed by atoms with van der Waals surface area (Å²) in [5, 5.41) is 0. The molecule has 42 valence electrons. The summed E-state index contributed by atoms with van der Waals surface area (Å²) < 4.78 is 7.19. The minimum atomic E-state index is 0.535. The zero-order chi connectivity index (χ0) is 6.73. The molecule has 0 atom stereocenters. The van der Waals surface area contributed by atoms with E-state index < -0.39 is 0 Å². The predicted molar refractivity (Wildman–Crippen MR) is 34.3 cm³/mol. The van der Waals surface area contributed by atoms with Gasteiger partial charge in [-0.05, 0) is 19.8 Å². The van der Waals surface area contributed by atoms with Crippen LogP contribution in [0.4, 0.5) is 0 Å². The van der Waals surface area contributed by atoms with Crippen LogP contribution in [-0.4, -0.2) is 0 Å². The third-order valence-electron chi connectivity index (χ3n) is 1.26. The van der Waals surface area contributed by atoms with Crippen LogP contribution >= 0.6 is 0 Å². The van der Waals surface area contributed by atoms with Gasteiger partial charge in [-0.25, -0.2) is 0 Å². The molecule has 0 nitrogen and oxygen atoms in total. The van der Waals surface area contributed by atoms with Gasteiger partial charge in [0.15, 0.2) is 0 Å². The molecule has 0 amide bonds. The summed E-state index contributed by atoms with van der Waals surface area (Å²) in [6, 6.07) is 0.708. The van der Waals surface area contributed by atoms with Crippen molar-refractivity contribution in [2.45, 2.75) is 27.7 Å². The summed E-state index contributed by atoms with van der Waals surface area (Å²) in [6.07, 6.45) is 0. The number of allylic oxidation sites excluding steroid dienone is 2. The van der Waals surface area contributed by atoms with Crippen LogP contribution in [0.3, 0.4) is 0 Å². The van der Waals surface area contributed by atoms with Gasteiger partial charge in [-0.1, -0.05) is 25.5 Å². The first-order valence-electron chi connectivity index (χ1n) is 3.19. The lowest BCUT2D eigenvalue weighted by Gasteiger charge is -2.00. The van der Waals surface area contributed by atoms with Gasteiger partial charge in [0.2, 0.25) is 0 Å². The van der Waals surface area contributed by atoms with E-state index in [9.17, 15) is 0 Å². The lowest BCUT2D eigenvalue weighted by atomic mass is 10.1. The average Bonchev–Trinajstić information content (AvgIpc) is 1.64. The third-order valence-corrected chi connectivity index (χ3v) is 1.26. The normalized spacial score (nSPS) is 16.4. The minimum absolute atomic E-state index is 0.535. The van der Waals surface area contributed by atoms with Gasteiger partial charge in [-0.3, -0.25) is 0 Å². The maximum atomic E-state index is 7.19. The van der Waals surface area contributed by atoms with Crippen LogP contribution in [0.15, 0.2) is 11.6 Å². The zero-order valence-corrected chi connectivity index (χ0v) is 5.58. The SMILES string of the molecule is [3H]/C(C)=C(/C)C(C)C. The van der Waals surface area contributed by atoms with Crippen LogP contribution in [0.2, 0.25) is 0 Å². The molecule has 0 N–H and O–H groups in total. The Balaban J connectivity index is 4.00. The van der Waals surface area contributed by atoms with Gasteiger partial charge < -0.3 is 0 Å². The molecule has 0 fully saturated rings. The monoisotopic (exact) mass is 100 g/mol. The van der Waals surface area contributed by atoms with Crippen molar-refractivity contribution in [3.63, 3.8) is 0 Å². The number of hydrogen-bond donors (Lipinski definition) is 0. The Bertz CT molecular complexity index is 97.0. The average molecular weight is 100 g/mol. The first kappa shape index (κ1) is 4.89. The van der Waals surface area contributed by atoms with Gasteiger partial charge in [0.05, 0.1) is 1.37 Å². The lowest BCUT2D eigenvalue weighted by Crippen LogP contribution is -1.85. The second-order valence-electron chi connectivity index (χ2n) is 2.09. The van der Waals surface area contributed by atoms with Gasteiger partial charge in [-0.2, -0.15) is 0 Å². The van der Waals surface area contributed by atoms with E-state index in [1.807, 2.05) is 13.8 Å². The fourth-order valence-corrected chi connectivity index (χ4v) is 0.289. The molecule has 0 aliphatic carbocycles. The van der Waals surface area contributed by atoms with Crippen molar-refractivity contribution in [2.24, 2.45) is 5.92 Å². The first-order valence-corrected chi connectivity index (χ1v) is 2.69. The molecule has 0 bridgehead atoms. The largest absolute Gasteiger partial charge is 0.0885 e. The first-order chi connectivity index (χ1) is 3.55. The molecule has 0 saturated heterocycles. The van der Waals surface area contributed by atoms with Gasteiger partial charge in [0.1, 0.15) is 0 Å². The second-order valence-corrected chi connectivity index (χ2v) is 2.09. The van der Waals surface area contributed by atoms with Crippen LogP contribution in [0.5, 0.6) is 0 Å². The Morgan fingerprint density at radius 1 is 1.71 bits per heavy atom. The van der Waals surface area contributed by atoms with E-state index in [1.165, 1.54) is 5.57 Å². The summed E-state index contributed by atoms with van der Waals surface area (Å²) in [6.45, 7) is 8.04.